The van der Waals surface area contributed by atoms with Crippen LogP contribution in [-0.4, -0.2) is 17.6 Å². The molecule has 1 saturated heterocycles. The van der Waals surface area contributed by atoms with Crippen LogP contribution in [0.25, 0.3) is 10.9 Å². The highest BCUT2D eigenvalue weighted by molar-refractivity contribution is 5.86. The van der Waals surface area contributed by atoms with Crippen LogP contribution in [-0.2, 0) is 16.0 Å². The summed E-state index contributed by atoms with van der Waals surface area (Å²) in [6, 6.07) is 8.40. The second-order valence-corrected chi connectivity index (χ2v) is 5.27. The molecule has 2 heterocycles. The first-order chi connectivity index (χ1) is 8.84. The van der Waals surface area contributed by atoms with Gasteiger partial charge in [-0.15, -0.1) is 0 Å². The lowest BCUT2D eigenvalue weighted by Crippen LogP contribution is -2.16. The Bertz CT molecular complexity index is 628. The Labute approximate surface area is 105 Å². The van der Waals surface area contributed by atoms with Crippen molar-refractivity contribution in [3.05, 3.63) is 35.5 Å². The van der Waals surface area contributed by atoms with E-state index in [1.54, 1.807) is 0 Å². The average Bonchev–Trinajstić information content (AvgIpc) is 3.03. The van der Waals surface area contributed by atoms with E-state index in [9.17, 15) is 4.79 Å². The zero-order chi connectivity index (χ0) is 12.1. The zero-order valence-corrected chi connectivity index (χ0v) is 10.1. The number of esters is 1. The molecular weight excluding hydrogens is 226 g/mol. The summed E-state index contributed by atoms with van der Waals surface area (Å²) in [7, 11) is 0. The number of hydrogen-bond donors (Lipinski definition) is 1. The number of hydrogen-bond acceptors (Lipinski definition) is 2. The van der Waals surface area contributed by atoms with Crippen LogP contribution in [0, 0.1) is 5.92 Å². The summed E-state index contributed by atoms with van der Waals surface area (Å²) in [6.07, 6.45) is 3.03. The standard InChI is InChI=1S/C15H15NO2/c17-15-12(7-8-18-15)11-6-5-10-9-3-1-2-4-13(9)16-14(10)11/h1-4,11-12,16H,5-8H2. The second kappa shape index (κ2) is 3.61. The topological polar surface area (TPSA) is 42.1 Å². The molecule has 1 aromatic carbocycles. The number of para-hydroxylation sites is 1. The Balaban J connectivity index is 1.82. The van der Waals surface area contributed by atoms with Crippen molar-refractivity contribution in [2.24, 2.45) is 5.92 Å². The van der Waals surface area contributed by atoms with E-state index in [4.69, 9.17) is 4.74 Å². The first kappa shape index (κ1) is 10.2. The smallest absolute Gasteiger partial charge is 0.309 e. The van der Waals surface area contributed by atoms with Crippen LogP contribution in [0.1, 0.15) is 30.0 Å². The molecule has 3 nitrogen and oxygen atoms in total. The van der Waals surface area contributed by atoms with Crippen molar-refractivity contribution in [3.8, 4) is 0 Å². The highest BCUT2D eigenvalue weighted by Crippen LogP contribution is 2.44. The van der Waals surface area contributed by atoms with Gasteiger partial charge in [-0.2, -0.15) is 0 Å². The van der Waals surface area contributed by atoms with Crippen molar-refractivity contribution in [3.63, 3.8) is 0 Å². The van der Waals surface area contributed by atoms with Gasteiger partial charge in [0.15, 0.2) is 0 Å². The molecule has 1 fully saturated rings. The Kier molecular flexibility index (Phi) is 2.04. The molecule has 0 radical (unpaired) electrons. The number of H-pyrrole nitrogens is 1. The fraction of sp³-hybridized carbons (Fsp3) is 0.400. The van der Waals surface area contributed by atoms with Gasteiger partial charge in [-0.3, -0.25) is 4.79 Å². The van der Waals surface area contributed by atoms with Crippen LogP contribution in [0.2, 0.25) is 0 Å². The molecule has 2 aliphatic rings. The van der Waals surface area contributed by atoms with E-state index in [2.05, 4.69) is 23.2 Å². The van der Waals surface area contributed by atoms with Crippen molar-refractivity contribution in [2.45, 2.75) is 25.2 Å². The third-order valence-corrected chi connectivity index (χ3v) is 4.38. The average molecular weight is 241 g/mol. The molecule has 1 aliphatic carbocycles. The van der Waals surface area contributed by atoms with Crippen LogP contribution in [0.3, 0.4) is 0 Å². The van der Waals surface area contributed by atoms with E-state index in [0.29, 0.717) is 12.5 Å². The van der Waals surface area contributed by atoms with Gasteiger partial charge in [0, 0.05) is 22.5 Å². The summed E-state index contributed by atoms with van der Waals surface area (Å²) in [5.74, 6) is 0.396. The van der Waals surface area contributed by atoms with Crippen molar-refractivity contribution < 1.29 is 9.53 Å². The van der Waals surface area contributed by atoms with Gasteiger partial charge in [-0.25, -0.2) is 0 Å². The molecule has 0 saturated carbocycles. The summed E-state index contributed by atoms with van der Waals surface area (Å²) in [5, 5.41) is 1.32. The number of cyclic esters (lactones) is 1. The van der Waals surface area contributed by atoms with Gasteiger partial charge in [-0.05, 0) is 30.9 Å². The van der Waals surface area contributed by atoms with E-state index < -0.39 is 0 Å². The summed E-state index contributed by atoms with van der Waals surface area (Å²) in [6.45, 7) is 0.593. The van der Waals surface area contributed by atoms with E-state index in [1.807, 2.05) is 6.07 Å². The first-order valence-corrected chi connectivity index (χ1v) is 6.61. The number of nitrogens with one attached hydrogen (secondary N) is 1. The fourth-order valence-corrected chi connectivity index (χ4v) is 3.53. The summed E-state index contributed by atoms with van der Waals surface area (Å²) < 4.78 is 5.11. The maximum absolute atomic E-state index is 11.8. The maximum atomic E-state index is 11.8. The number of aromatic amines is 1. The van der Waals surface area contributed by atoms with Crippen LogP contribution in [0.4, 0.5) is 0 Å². The Hall–Kier alpha value is -1.77. The largest absolute Gasteiger partial charge is 0.465 e. The molecule has 1 aliphatic heterocycles. The SMILES string of the molecule is O=C1OCCC1C1CCc2c1[nH]c1ccccc21. The predicted octanol–water partition coefficient (Wildman–Crippen LogP) is 2.76. The van der Waals surface area contributed by atoms with Crippen molar-refractivity contribution in [2.75, 3.05) is 6.61 Å². The Morgan fingerprint density at radius 3 is 2.89 bits per heavy atom. The molecule has 2 atom stereocenters. The number of carbonyl (C=O) groups is 1. The van der Waals surface area contributed by atoms with E-state index in [1.165, 1.54) is 22.2 Å². The Morgan fingerprint density at radius 2 is 2.06 bits per heavy atom. The monoisotopic (exact) mass is 241 g/mol. The quantitative estimate of drug-likeness (QED) is 0.780. The van der Waals surface area contributed by atoms with Gasteiger partial charge in [0.25, 0.3) is 0 Å². The van der Waals surface area contributed by atoms with Gasteiger partial charge >= 0.3 is 5.97 Å². The van der Waals surface area contributed by atoms with E-state index >= 15 is 0 Å². The minimum absolute atomic E-state index is 0.00786. The lowest BCUT2D eigenvalue weighted by Gasteiger charge is -2.14. The number of fused-ring (bicyclic) bond motifs is 3. The molecule has 0 bridgehead atoms. The van der Waals surface area contributed by atoms with Gasteiger partial charge in [-0.1, -0.05) is 18.2 Å². The molecule has 0 spiro atoms. The molecule has 1 aromatic heterocycles. The molecule has 92 valence electrons. The number of benzene rings is 1. The highest BCUT2D eigenvalue weighted by Gasteiger charge is 2.39. The summed E-state index contributed by atoms with van der Waals surface area (Å²) in [5.41, 5.74) is 3.88. The molecular formula is C15H15NO2. The number of carbonyl (C=O) groups excluding carboxylic acids is 1. The number of aromatic nitrogens is 1. The normalized spacial score (nSPS) is 26.6. The molecule has 1 N–H and O–H groups in total. The zero-order valence-electron chi connectivity index (χ0n) is 10.1. The third kappa shape index (κ3) is 1.27. The summed E-state index contributed by atoms with van der Waals surface area (Å²) >= 11 is 0. The van der Waals surface area contributed by atoms with Crippen LogP contribution in [0.5, 0.6) is 0 Å². The maximum Gasteiger partial charge on any atom is 0.309 e. The molecule has 18 heavy (non-hydrogen) atoms. The molecule has 0 amide bonds. The van der Waals surface area contributed by atoms with Crippen LogP contribution < -0.4 is 0 Å². The molecule has 2 aromatic rings. The summed E-state index contributed by atoms with van der Waals surface area (Å²) in [4.78, 5) is 15.3. The van der Waals surface area contributed by atoms with Crippen molar-refractivity contribution >= 4 is 16.9 Å². The number of aryl methyl sites for hydroxylation is 1. The van der Waals surface area contributed by atoms with Gasteiger partial charge in [0.1, 0.15) is 0 Å². The third-order valence-electron chi connectivity index (χ3n) is 4.38. The second-order valence-electron chi connectivity index (χ2n) is 5.27. The number of rotatable bonds is 1. The van der Waals surface area contributed by atoms with Crippen LogP contribution >= 0.6 is 0 Å². The fourth-order valence-electron chi connectivity index (χ4n) is 3.53. The molecule has 2 unspecified atom stereocenters. The Morgan fingerprint density at radius 1 is 1.17 bits per heavy atom. The van der Waals surface area contributed by atoms with Crippen LogP contribution in [0.15, 0.2) is 24.3 Å². The molecule has 3 heteroatoms. The minimum Gasteiger partial charge on any atom is -0.465 e. The van der Waals surface area contributed by atoms with Crippen molar-refractivity contribution in [1.82, 2.24) is 4.98 Å². The lowest BCUT2D eigenvalue weighted by molar-refractivity contribution is -0.141. The van der Waals surface area contributed by atoms with Gasteiger partial charge in [0.2, 0.25) is 0 Å². The number of ether oxygens (including phenoxy) is 1. The molecule has 4 rings (SSSR count). The minimum atomic E-state index is -0.00786. The first-order valence-electron chi connectivity index (χ1n) is 6.61. The van der Waals surface area contributed by atoms with Gasteiger partial charge < -0.3 is 9.72 Å². The van der Waals surface area contributed by atoms with E-state index in [0.717, 1.165) is 19.3 Å². The van der Waals surface area contributed by atoms with E-state index in [-0.39, 0.29) is 11.9 Å². The highest BCUT2D eigenvalue weighted by atomic mass is 16.5. The van der Waals surface area contributed by atoms with Gasteiger partial charge in [0.05, 0.1) is 12.5 Å². The van der Waals surface area contributed by atoms with Crippen molar-refractivity contribution in [1.29, 1.82) is 0 Å². The predicted molar refractivity (Wildman–Crippen MR) is 68.4 cm³/mol. The lowest BCUT2D eigenvalue weighted by atomic mass is 9.89.